The number of rotatable bonds is 1. The average molecular weight is 243 g/mol. The van der Waals surface area contributed by atoms with E-state index < -0.39 is 0 Å². The zero-order chi connectivity index (χ0) is 12.3. The highest BCUT2D eigenvalue weighted by Gasteiger charge is 2.15. The molecule has 88 valence electrons. The first-order valence-corrected chi connectivity index (χ1v) is 5.24. The van der Waals surface area contributed by atoms with Gasteiger partial charge in [0, 0.05) is 5.54 Å². The van der Waals surface area contributed by atoms with E-state index in [0.717, 1.165) is 0 Å². The lowest BCUT2D eigenvalue weighted by molar-refractivity contribution is 0.243. The lowest BCUT2D eigenvalue weighted by Crippen LogP contribution is -2.43. The molecule has 3 N–H and O–H groups in total. The third kappa shape index (κ3) is 3.62. The number of halogens is 1. The Hall–Kier alpha value is -1.42. The maximum Gasteiger partial charge on any atom is 0.319 e. The zero-order valence-electron chi connectivity index (χ0n) is 9.47. The Morgan fingerprint density at radius 3 is 2.56 bits per heavy atom. The highest BCUT2D eigenvalue weighted by molar-refractivity contribution is 6.32. The van der Waals surface area contributed by atoms with Crippen LogP contribution >= 0.6 is 11.6 Å². The maximum atomic E-state index is 11.5. The fraction of sp³-hybridized carbons (Fsp3) is 0.364. The van der Waals surface area contributed by atoms with Crippen molar-refractivity contribution in [3.63, 3.8) is 0 Å². The summed E-state index contributed by atoms with van der Waals surface area (Å²) in [6.07, 6.45) is 0. The number of phenols is 1. The molecular formula is C11H15ClN2O2. The highest BCUT2D eigenvalue weighted by atomic mass is 35.5. The van der Waals surface area contributed by atoms with Crippen molar-refractivity contribution in [2.45, 2.75) is 26.3 Å². The molecule has 5 heteroatoms. The van der Waals surface area contributed by atoms with Crippen LogP contribution < -0.4 is 10.6 Å². The molecule has 0 aliphatic heterocycles. The molecule has 0 saturated carbocycles. The second kappa shape index (κ2) is 4.61. The summed E-state index contributed by atoms with van der Waals surface area (Å²) in [5.41, 5.74) is -0.0487. The molecule has 0 saturated heterocycles. The fourth-order valence-electron chi connectivity index (χ4n) is 1.11. The third-order valence-electron chi connectivity index (χ3n) is 1.72. The van der Waals surface area contributed by atoms with Crippen LogP contribution in [0.1, 0.15) is 20.8 Å². The zero-order valence-corrected chi connectivity index (χ0v) is 10.2. The Morgan fingerprint density at radius 1 is 1.38 bits per heavy atom. The number of hydrogen-bond donors (Lipinski definition) is 3. The van der Waals surface area contributed by atoms with Crippen molar-refractivity contribution >= 4 is 23.3 Å². The molecule has 0 bridgehead atoms. The van der Waals surface area contributed by atoms with E-state index in [2.05, 4.69) is 10.6 Å². The number of phenolic OH excluding ortho intramolecular Hbond substituents is 1. The third-order valence-corrected chi connectivity index (χ3v) is 2.03. The number of carbonyl (C=O) groups excluding carboxylic acids is 1. The summed E-state index contributed by atoms with van der Waals surface area (Å²) < 4.78 is 0. The number of hydrogen-bond acceptors (Lipinski definition) is 2. The van der Waals surface area contributed by atoms with Crippen molar-refractivity contribution in [2.24, 2.45) is 0 Å². The molecule has 0 radical (unpaired) electrons. The van der Waals surface area contributed by atoms with Gasteiger partial charge >= 0.3 is 6.03 Å². The summed E-state index contributed by atoms with van der Waals surface area (Å²) in [6, 6.07) is 4.38. The van der Waals surface area contributed by atoms with Gasteiger partial charge in [0.2, 0.25) is 0 Å². The molecule has 2 amide bonds. The number of urea groups is 1. The van der Waals surface area contributed by atoms with Crippen LogP contribution in [0.15, 0.2) is 18.2 Å². The molecule has 16 heavy (non-hydrogen) atoms. The van der Waals surface area contributed by atoms with Crippen molar-refractivity contribution in [3.05, 3.63) is 23.2 Å². The van der Waals surface area contributed by atoms with Crippen LogP contribution in [-0.4, -0.2) is 16.7 Å². The standard InChI is InChI=1S/C11H15ClN2O2/c1-11(2,3)14-10(16)13-8-6-4-5-7(12)9(8)15/h4-6,15H,1-3H3,(H2,13,14,16). The SMILES string of the molecule is CC(C)(C)NC(=O)Nc1cccc(Cl)c1O. The van der Waals surface area contributed by atoms with Gasteiger partial charge < -0.3 is 15.7 Å². The Morgan fingerprint density at radius 2 is 2.00 bits per heavy atom. The van der Waals surface area contributed by atoms with Crippen molar-refractivity contribution in [1.29, 1.82) is 0 Å². The molecule has 0 aliphatic rings. The molecular weight excluding hydrogens is 228 g/mol. The average Bonchev–Trinajstić information content (AvgIpc) is 2.09. The van der Waals surface area contributed by atoms with Crippen LogP contribution in [0.5, 0.6) is 5.75 Å². The summed E-state index contributed by atoms with van der Waals surface area (Å²) in [7, 11) is 0. The number of para-hydroxylation sites is 1. The molecule has 0 fully saturated rings. The van der Waals surface area contributed by atoms with E-state index in [9.17, 15) is 9.90 Å². The van der Waals surface area contributed by atoms with E-state index in [1.54, 1.807) is 18.2 Å². The number of benzene rings is 1. The van der Waals surface area contributed by atoms with Crippen LogP contribution in [0.4, 0.5) is 10.5 Å². The summed E-state index contributed by atoms with van der Waals surface area (Å²) in [4.78, 5) is 11.5. The second-order valence-electron chi connectivity index (χ2n) is 4.47. The minimum atomic E-state index is -0.384. The van der Waals surface area contributed by atoms with Crippen LogP contribution in [0.3, 0.4) is 0 Å². The first-order chi connectivity index (χ1) is 7.29. The molecule has 0 heterocycles. The summed E-state index contributed by atoms with van der Waals surface area (Å²) in [6.45, 7) is 5.60. The fourth-order valence-corrected chi connectivity index (χ4v) is 1.28. The molecule has 4 nitrogen and oxygen atoms in total. The summed E-state index contributed by atoms with van der Waals surface area (Å²) in [5.74, 6) is -0.131. The van der Waals surface area contributed by atoms with Crippen LogP contribution in [0.25, 0.3) is 0 Å². The summed E-state index contributed by atoms with van der Waals surface area (Å²) in [5, 5.41) is 15.0. The predicted octanol–water partition coefficient (Wildman–Crippen LogP) is 2.97. The van der Waals surface area contributed by atoms with Crippen molar-refractivity contribution in [1.82, 2.24) is 5.32 Å². The second-order valence-corrected chi connectivity index (χ2v) is 4.87. The number of carbonyl (C=O) groups is 1. The molecule has 0 aliphatic carbocycles. The van der Waals surface area contributed by atoms with Crippen LogP contribution in [0.2, 0.25) is 5.02 Å². The Balaban J connectivity index is 2.74. The smallest absolute Gasteiger partial charge is 0.319 e. The molecule has 1 aromatic rings. The van der Waals surface area contributed by atoms with E-state index in [1.165, 1.54) is 0 Å². The molecule has 0 atom stereocenters. The van der Waals surface area contributed by atoms with Crippen LogP contribution in [-0.2, 0) is 0 Å². The van der Waals surface area contributed by atoms with Gasteiger partial charge in [-0.05, 0) is 32.9 Å². The topological polar surface area (TPSA) is 61.4 Å². The van der Waals surface area contributed by atoms with E-state index in [-0.39, 0.29) is 28.0 Å². The number of aromatic hydroxyl groups is 1. The molecule has 1 aromatic carbocycles. The Labute approximate surface area is 99.6 Å². The molecule has 0 spiro atoms. The molecule has 0 unspecified atom stereocenters. The van der Waals surface area contributed by atoms with E-state index in [1.807, 2.05) is 20.8 Å². The first kappa shape index (κ1) is 12.6. The largest absolute Gasteiger partial charge is 0.504 e. The van der Waals surface area contributed by atoms with E-state index in [4.69, 9.17) is 11.6 Å². The van der Waals surface area contributed by atoms with Gasteiger partial charge in [0.1, 0.15) is 0 Å². The minimum Gasteiger partial charge on any atom is -0.504 e. The van der Waals surface area contributed by atoms with Gasteiger partial charge in [-0.1, -0.05) is 17.7 Å². The number of anilines is 1. The number of amides is 2. The van der Waals surface area contributed by atoms with E-state index in [0.29, 0.717) is 0 Å². The van der Waals surface area contributed by atoms with Crippen molar-refractivity contribution < 1.29 is 9.90 Å². The van der Waals surface area contributed by atoms with Gasteiger partial charge in [0.25, 0.3) is 0 Å². The normalized spacial score (nSPS) is 11.0. The van der Waals surface area contributed by atoms with Gasteiger partial charge in [-0.2, -0.15) is 0 Å². The highest BCUT2D eigenvalue weighted by Crippen LogP contribution is 2.30. The molecule has 1 rings (SSSR count). The molecule has 0 aromatic heterocycles. The van der Waals surface area contributed by atoms with Crippen molar-refractivity contribution in [3.8, 4) is 5.75 Å². The van der Waals surface area contributed by atoms with Gasteiger partial charge in [0.15, 0.2) is 5.75 Å². The predicted molar refractivity (Wildman–Crippen MR) is 65.0 cm³/mol. The summed E-state index contributed by atoms with van der Waals surface area (Å²) >= 11 is 5.71. The quantitative estimate of drug-likeness (QED) is 0.663. The van der Waals surface area contributed by atoms with E-state index >= 15 is 0 Å². The van der Waals surface area contributed by atoms with Gasteiger partial charge in [-0.3, -0.25) is 0 Å². The van der Waals surface area contributed by atoms with Gasteiger partial charge in [0.05, 0.1) is 10.7 Å². The number of nitrogens with one attached hydrogen (secondary N) is 2. The lowest BCUT2D eigenvalue weighted by Gasteiger charge is -2.21. The van der Waals surface area contributed by atoms with Crippen molar-refractivity contribution in [2.75, 3.05) is 5.32 Å². The van der Waals surface area contributed by atoms with Crippen LogP contribution in [0, 0.1) is 0 Å². The first-order valence-electron chi connectivity index (χ1n) is 4.86. The Bertz CT molecular complexity index is 399. The van der Waals surface area contributed by atoms with Gasteiger partial charge in [-0.25, -0.2) is 4.79 Å². The minimum absolute atomic E-state index is 0.131. The Kier molecular flexibility index (Phi) is 3.65. The monoisotopic (exact) mass is 242 g/mol. The maximum absolute atomic E-state index is 11.5. The van der Waals surface area contributed by atoms with Gasteiger partial charge in [-0.15, -0.1) is 0 Å². The lowest BCUT2D eigenvalue weighted by atomic mass is 10.1.